The molecule has 4 heteroatoms. The molecular formula is C11H12O3S. The molecule has 0 fully saturated rings. The second-order valence-corrected chi connectivity index (χ2v) is 3.21. The average Bonchev–Trinajstić information content (AvgIpc) is 2.25. The summed E-state index contributed by atoms with van der Waals surface area (Å²) in [7, 11) is 1.55. The summed E-state index contributed by atoms with van der Waals surface area (Å²) in [4.78, 5) is 10.7. The first-order valence-corrected chi connectivity index (χ1v) is 5.01. The third-order valence-corrected chi connectivity index (χ3v) is 2.09. The van der Waals surface area contributed by atoms with Gasteiger partial charge in [0.15, 0.2) is 0 Å². The van der Waals surface area contributed by atoms with Gasteiger partial charge in [0.05, 0.1) is 12.7 Å². The fourth-order valence-corrected chi connectivity index (χ4v) is 1.28. The lowest BCUT2D eigenvalue weighted by atomic mass is 10.1. The van der Waals surface area contributed by atoms with Gasteiger partial charge in [0.1, 0.15) is 5.75 Å². The molecule has 0 heterocycles. The van der Waals surface area contributed by atoms with Crippen LogP contribution < -0.4 is 4.74 Å². The molecule has 1 rings (SSSR count). The molecule has 1 aromatic carbocycles. The first kappa shape index (κ1) is 11.7. The van der Waals surface area contributed by atoms with Gasteiger partial charge in [-0.2, -0.15) is 12.6 Å². The molecule has 0 spiro atoms. The Morgan fingerprint density at radius 3 is 2.87 bits per heavy atom. The van der Waals surface area contributed by atoms with Crippen molar-refractivity contribution in [3.63, 3.8) is 0 Å². The van der Waals surface area contributed by atoms with Crippen LogP contribution in [0.2, 0.25) is 0 Å². The van der Waals surface area contributed by atoms with E-state index >= 15 is 0 Å². The first-order chi connectivity index (χ1) is 7.19. The first-order valence-electron chi connectivity index (χ1n) is 4.37. The zero-order valence-corrected chi connectivity index (χ0v) is 9.20. The Hall–Kier alpha value is -1.42. The fraction of sp³-hybridized carbons (Fsp3) is 0.182. The van der Waals surface area contributed by atoms with E-state index in [1.165, 1.54) is 6.07 Å². The van der Waals surface area contributed by atoms with Crippen molar-refractivity contribution in [2.45, 2.75) is 0 Å². The van der Waals surface area contributed by atoms with Crippen LogP contribution in [0.1, 0.15) is 15.9 Å². The van der Waals surface area contributed by atoms with E-state index in [-0.39, 0.29) is 5.56 Å². The van der Waals surface area contributed by atoms with Crippen LogP contribution in [0.15, 0.2) is 24.3 Å². The van der Waals surface area contributed by atoms with Crippen LogP contribution >= 0.6 is 12.6 Å². The summed E-state index contributed by atoms with van der Waals surface area (Å²) >= 11 is 4.04. The third kappa shape index (κ3) is 3.02. The van der Waals surface area contributed by atoms with Crippen molar-refractivity contribution >= 4 is 24.7 Å². The molecule has 0 radical (unpaired) electrons. The van der Waals surface area contributed by atoms with E-state index in [1.54, 1.807) is 25.3 Å². The molecule has 15 heavy (non-hydrogen) atoms. The molecule has 0 atom stereocenters. The number of carbonyl (C=O) groups is 1. The zero-order valence-electron chi connectivity index (χ0n) is 8.30. The molecule has 0 unspecified atom stereocenters. The van der Waals surface area contributed by atoms with E-state index in [9.17, 15) is 4.79 Å². The van der Waals surface area contributed by atoms with E-state index in [0.717, 1.165) is 5.56 Å². The van der Waals surface area contributed by atoms with Crippen molar-refractivity contribution in [3.05, 3.63) is 35.4 Å². The predicted octanol–water partition coefficient (Wildman–Crippen LogP) is 2.34. The van der Waals surface area contributed by atoms with Gasteiger partial charge in [0.25, 0.3) is 0 Å². The van der Waals surface area contributed by atoms with Gasteiger partial charge < -0.3 is 9.84 Å². The van der Waals surface area contributed by atoms with Crippen molar-refractivity contribution in [2.75, 3.05) is 12.9 Å². The number of hydrogen-bond donors (Lipinski definition) is 2. The third-order valence-electron chi connectivity index (χ3n) is 1.88. The van der Waals surface area contributed by atoms with Crippen molar-refractivity contribution in [2.24, 2.45) is 0 Å². The Labute approximate surface area is 93.8 Å². The largest absolute Gasteiger partial charge is 0.496 e. The lowest BCUT2D eigenvalue weighted by Crippen LogP contribution is -1.97. The Morgan fingerprint density at radius 2 is 2.33 bits per heavy atom. The van der Waals surface area contributed by atoms with E-state index in [0.29, 0.717) is 11.5 Å². The number of aromatic carboxylic acids is 1. The van der Waals surface area contributed by atoms with Crippen LogP contribution in [0.3, 0.4) is 0 Å². The molecule has 0 bridgehead atoms. The normalized spacial score (nSPS) is 10.5. The van der Waals surface area contributed by atoms with Crippen LogP contribution in [0, 0.1) is 0 Å². The Kier molecular flexibility index (Phi) is 4.24. The van der Waals surface area contributed by atoms with Crippen LogP contribution in [0.4, 0.5) is 0 Å². The molecule has 1 N–H and O–H groups in total. The summed E-state index contributed by atoms with van der Waals surface area (Å²) in [5.74, 6) is 0.302. The minimum atomic E-state index is -0.946. The standard InChI is InChI=1S/C11H12O3S/c1-14-10-5-4-9(11(12)13)7-8(10)3-2-6-15/h2-5,7,15H,6H2,1H3,(H,12,13). The number of methoxy groups -OCH3 is 1. The van der Waals surface area contributed by atoms with Gasteiger partial charge in [-0.3, -0.25) is 0 Å². The summed E-state index contributed by atoms with van der Waals surface area (Å²) in [6, 6.07) is 4.72. The minimum absolute atomic E-state index is 0.245. The highest BCUT2D eigenvalue weighted by Crippen LogP contribution is 2.21. The number of benzene rings is 1. The van der Waals surface area contributed by atoms with Crippen molar-refractivity contribution in [1.29, 1.82) is 0 Å². The highest BCUT2D eigenvalue weighted by molar-refractivity contribution is 7.80. The molecule has 1 aromatic rings. The number of carboxylic acid groups (broad SMARTS) is 1. The lowest BCUT2D eigenvalue weighted by Gasteiger charge is -2.05. The molecular weight excluding hydrogens is 212 g/mol. The van der Waals surface area contributed by atoms with Crippen molar-refractivity contribution < 1.29 is 14.6 Å². The van der Waals surface area contributed by atoms with Crippen LogP contribution in [-0.2, 0) is 0 Å². The Bertz CT molecular complexity index is 385. The summed E-state index contributed by atoms with van der Waals surface area (Å²) in [6.07, 6.45) is 3.62. The fourth-order valence-electron chi connectivity index (χ4n) is 1.18. The maximum Gasteiger partial charge on any atom is 0.335 e. The predicted molar refractivity (Wildman–Crippen MR) is 62.8 cm³/mol. The van der Waals surface area contributed by atoms with Crippen LogP contribution in [0.5, 0.6) is 5.75 Å². The van der Waals surface area contributed by atoms with Crippen molar-refractivity contribution in [3.8, 4) is 5.75 Å². The lowest BCUT2D eigenvalue weighted by molar-refractivity contribution is 0.0697. The smallest absolute Gasteiger partial charge is 0.335 e. The maximum atomic E-state index is 10.7. The van der Waals surface area contributed by atoms with Gasteiger partial charge in [-0.05, 0) is 18.2 Å². The van der Waals surface area contributed by atoms with Crippen LogP contribution in [0.25, 0.3) is 6.08 Å². The summed E-state index contributed by atoms with van der Waals surface area (Å²) in [5, 5.41) is 8.82. The maximum absolute atomic E-state index is 10.7. The highest BCUT2D eigenvalue weighted by Gasteiger charge is 2.06. The second-order valence-electron chi connectivity index (χ2n) is 2.85. The quantitative estimate of drug-likeness (QED) is 0.772. The Balaban J connectivity index is 3.13. The molecule has 0 saturated carbocycles. The zero-order chi connectivity index (χ0) is 11.3. The molecule has 0 amide bonds. The van der Waals surface area contributed by atoms with E-state index in [1.807, 2.05) is 6.08 Å². The van der Waals surface area contributed by atoms with Gasteiger partial charge in [-0.25, -0.2) is 4.79 Å². The highest BCUT2D eigenvalue weighted by atomic mass is 32.1. The summed E-state index contributed by atoms with van der Waals surface area (Å²) < 4.78 is 5.11. The van der Waals surface area contributed by atoms with Crippen LogP contribution in [-0.4, -0.2) is 23.9 Å². The van der Waals surface area contributed by atoms with E-state index < -0.39 is 5.97 Å². The van der Waals surface area contributed by atoms with Gasteiger partial charge in [0.2, 0.25) is 0 Å². The van der Waals surface area contributed by atoms with Crippen molar-refractivity contribution in [1.82, 2.24) is 0 Å². The topological polar surface area (TPSA) is 46.5 Å². The van der Waals surface area contributed by atoms with Gasteiger partial charge in [-0.15, -0.1) is 0 Å². The second kappa shape index (κ2) is 5.46. The Morgan fingerprint density at radius 1 is 1.60 bits per heavy atom. The number of carboxylic acids is 1. The number of hydrogen-bond acceptors (Lipinski definition) is 3. The molecule has 0 aliphatic carbocycles. The monoisotopic (exact) mass is 224 g/mol. The minimum Gasteiger partial charge on any atom is -0.496 e. The molecule has 3 nitrogen and oxygen atoms in total. The molecule has 80 valence electrons. The van der Waals surface area contributed by atoms with Gasteiger partial charge >= 0.3 is 5.97 Å². The number of thiol groups is 1. The van der Waals surface area contributed by atoms with E-state index in [4.69, 9.17) is 9.84 Å². The SMILES string of the molecule is COc1ccc(C(=O)O)cc1C=CCS. The van der Waals surface area contributed by atoms with Gasteiger partial charge in [0, 0.05) is 11.3 Å². The van der Waals surface area contributed by atoms with Gasteiger partial charge in [-0.1, -0.05) is 12.2 Å². The summed E-state index contributed by atoms with van der Waals surface area (Å²) in [5.41, 5.74) is 0.987. The average molecular weight is 224 g/mol. The number of rotatable bonds is 4. The molecule has 0 saturated heterocycles. The molecule has 0 aliphatic heterocycles. The molecule has 0 aromatic heterocycles. The molecule has 0 aliphatic rings. The van der Waals surface area contributed by atoms with E-state index in [2.05, 4.69) is 12.6 Å². The number of ether oxygens (including phenoxy) is 1. The summed E-state index contributed by atoms with van der Waals surface area (Å²) in [6.45, 7) is 0.